The second kappa shape index (κ2) is 4.70. The van der Waals surface area contributed by atoms with Gasteiger partial charge >= 0.3 is 0 Å². The Kier molecular flexibility index (Phi) is 3.56. The fraction of sp³-hybridized carbons (Fsp3) is 0.333. The minimum atomic E-state index is 0.617. The normalized spacial score (nSPS) is 27.3. The van der Waals surface area contributed by atoms with Gasteiger partial charge < -0.3 is 5.32 Å². The van der Waals surface area contributed by atoms with Crippen LogP contribution in [0.3, 0.4) is 0 Å². The molecule has 1 N–H and O–H groups in total. The monoisotopic (exact) mass is 175 g/mol. The number of rotatable bonds is 5. The van der Waals surface area contributed by atoms with Crippen LogP contribution < -0.4 is 5.32 Å². The first-order chi connectivity index (χ1) is 6.29. The minimum absolute atomic E-state index is 0.617. The van der Waals surface area contributed by atoms with Gasteiger partial charge in [-0.15, -0.1) is 0 Å². The summed E-state index contributed by atoms with van der Waals surface area (Å²) < 4.78 is 0. The van der Waals surface area contributed by atoms with Crippen molar-refractivity contribution in [1.82, 2.24) is 5.32 Å². The van der Waals surface area contributed by atoms with Crippen LogP contribution in [0.25, 0.3) is 0 Å². The zero-order valence-corrected chi connectivity index (χ0v) is 8.16. The highest BCUT2D eigenvalue weighted by molar-refractivity contribution is 5.22. The number of hydrogen-bond acceptors (Lipinski definition) is 1. The van der Waals surface area contributed by atoms with Gasteiger partial charge in [0.15, 0.2) is 0 Å². The second-order valence-corrected chi connectivity index (χ2v) is 3.35. The molecule has 0 saturated heterocycles. The molecule has 0 heterocycles. The zero-order valence-electron chi connectivity index (χ0n) is 8.16. The first kappa shape index (κ1) is 9.85. The summed E-state index contributed by atoms with van der Waals surface area (Å²) in [7, 11) is 0. The van der Waals surface area contributed by atoms with Crippen molar-refractivity contribution in [2.75, 3.05) is 0 Å². The van der Waals surface area contributed by atoms with Gasteiger partial charge in [0.25, 0.3) is 0 Å². The van der Waals surface area contributed by atoms with Gasteiger partial charge in [-0.3, -0.25) is 0 Å². The van der Waals surface area contributed by atoms with Crippen LogP contribution >= 0.6 is 0 Å². The van der Waals surface area contributed by atoms with Gasteiger partial charge in [0.2, 0.25) is 0 Å². The van der Waals surface area contributed by atoms with E-state index in [0.717, 1.165) is 0 Å². The number of nitrogens with one attached hydrogen (secondary N) is 1. The van der Waals surface area contributed by atoms with Crippen LogP contribution in [0.5, 0.6) is 0 Å². The highest BCUT2D eigenvalue weighted by Crippen LogP contribution is 2.36. The van der Waals surface area contributed by atoms with Crippen LogP contribution in [0.15, 0.2) is 49.2 Å². The van der Waals surface area contributed by atoms with E-state index in [9.17, 15) is 0 Å². The largest absolute Gasteiger partial charge is 0.388 e. The maximum absolute atomic E-state index is 3.65. The standard InChI is InChI=1S/C12H17N/c1-4-6-7-8-10(3)11-9-12(11)13-5-2/h4-8,11-13H,1-2,9H2,3H3/b7-6-,10-8+. The van der Waals surface area contributed by atoms with E-state index in [0.29, 0.717) is 12.0 Å². The van der Waals surface area contributed by atoms with E-state index in [1.165, 1.54) is 12.0 Å². The average molecular weight is 175 g/mol. The van der Waals surface area contributed by atoms with Gasteiger partial charge in [0, 0.05) is 12.0 Å². The van der Waals surface area contributed by atoms with Crippen molar-refractivity contribution in [3.05, 3.63) is 49.2 Å². The van der Waals surface area contributed by atoms with Gasteiger partial charge in [-0.1, -0.05) is 43.0 Å². The lowest BCUT2D eigenvalue weighted by Gasteiger charge is -1.98. The van der Waals surface area contributed by atoms with Crippen LogP contribution in [0, 0.1) is 5.92 Å². The zero-order chi connectivity index (χ0) is 9.68. The van der Waals surface area contributed by atoms with E-state index >= 15 is 0 Å². The Morgan fingerprint density at radius 3 is 2.77 bits per heavy atom. The quantitative estimate of drug-likeness (QED) is 0.633. The fourth-order valence-electron chi connectivity index (χ4n) is 1.44. The molecule has 1 aliphatic rings. The van der Waals surface area contributed by atoms with E-state index in [-0.39, 0.29) is 0 Å². The van der Waals surface area contributed by atoms with Crippen molar-refractivity contribution in [2.45, 2.75) is 19.4 Å². The van der Waals surface area contributed by atoms with E-state index in [2.05, 4.69) is 31.5 Å². The third-order valence-corrected chi connectivity index (χ3v) is 2.31. The van der Waals surface area contributed by atoms with Crippen molar-refractivity contribution in [3.63, 3.8) is 0 Å². The summed E-state index contributed by atoms with van der Waals surface area (Å²) in [6, 6.07) is 0.617. The molecular formula is C12H17N. The van der Waals surface area contributed by atoms with Gasteiger partial charge in [0.1, 0.15) is 0 Å². The molecule has 0 amide bonds. The first-order valence-electron chi connectivity index (χ1n) is 4.62. The molecule has 0 aromatic carbocycles. The molecule has 0 aromatic heterocycles. The summed E-state index contributed by atoms with van der Waals surface area (Å²) in [5.41, 5.74) is 1.43. The Bertz CT molecular complexity index is 248. The summed E-state index contributed by atoms with van der Waals surface area (Å²) in [5, 5.41) is 3.22. The SMILES string of the molecule is C=C/C=C\C=C(/C)C1CC1NC=C. The molecule has 1 heteroatoms. The number of hydrogen-bond donors (Lipinski definition) is 1. The summed E-state index contributed by atoms with van der Waals surface area (Å²) in [6.45, 7) is 9.44. The third kappa shape index (κ3) is 2.94. The van der Waals surface area contributed by atoms with Crippen molar-refractivity contribution < 1.29 is 0 Å². The summed E-state index contributed by atoms with van der Waals surface area (Å²) in [5.74, 6) is 0.701. The van der Waals surface area contributed by atoms with E-state index in [1.807, 2.05) is 12.2 Å². The van der Waals surface area contributed by atoms with Crippen LogP contribution in [0.4, 0.5) is 0 Å². The molecule has 1 rings (SSSR count). The maximum atomic E-state index is 3.65. The smallest absolute Gasteiger partial charge is 0.0328 e. The Labute approximate surface area is 80.5 Å². The van der Waals surface area contributed by atoms with E-state index in [1.54, 1.807) is 12.3 Å². The molecule has 0 spiro atoms. The lowest BCUT2D eigenvalue weighted by atomic mass is 10.2. The Morgan fingerprint density at radius 1 is 1.38 bits per heavy atom. The Balaban J connectivity index is 2.37. The van der Waals surface area contributed by atoms with Crippen molar-refractivity contribution in [1.29, 1.82) is 0 Å². The molecule has 0 bridgehead atoms. The molecule has 0 aliphatic heterocycles. The molecular weight excluding hydrogens is 158 g/mol. The second-order valence-electron chi connectivity index (χ2n) is 3.35. The topological polar surface area (TPSA) is 12.0 Å². The van der Waals surface area contributed by atoms with Crippen molar-refractivity contribution >= 4 is 0 Å². The van der Waals surface area contributed by atoms with Crippen LogP contribution in [-0.4, -0.2) is 6.04 Å². The third-order valence-electron chi connectivity index (χ3n) is 2.31. The maximum Gasteiger partial charge on any atom is 0.0328 e. The van der Waals surface area contributed by atoms with Crippen molar-refractivity contribution in [3.8, 4) is 0 Å². The fourth-order valence-corrected chi connectivity index (χ4v) is 1.44. The number of allylic oxidation sites excluding steroid dienone is 4. The molecule has 1 aliphatic carbocycles. The molecule has 0 aromatic rings. The van der Waals surface area contributed by atoms with Crippen molar-refractivity contribution in [2.24, 2.45) is 5.92 Å². The van der Waals surface area contributed by atoms with Crippen LogP contribution in [0.2, 0.25) is 0 Å². The molecule has 70 valence electrons. The van der Waals surface area contributed by atoms with E-state index < -0.39 is 0 Å². The first-order valence-corrected chi connectivity index (χ1v) is 4.62. The molecule has 1 nitrogen and oxygen atoms in total. The van der Waals surface area contributed by atoms with Gasteiger partial charge in [-0.25, -0.2) is 0 Å². The molecule has 13 heavy (non-hydrogen) atoms. The lowest BCUT2D eigenvalue weighted by Crippen LogP contribution is -2.09. The minimum Gasteiger partial charge on any atom is -0.388 e. The van der Waals surface area contributed by atoms with Gasteiger partial charge in [-0.2, -0.15) is 0 Å². The van der Waals surface area contributed by atoms with Crippen LogP contribution in [-0.2, 0) is 0 Å². The predicted molar refractivity (Wildman–Crippen MR) is 58.3 cm³/mol. The summed E-state index contributed by atoms with van der Waals surface area (Å²) in [6.07, 6.45) is 10.9. The van der Waals surface area contributed by atoms with E-state index in [4.69, 9.17) is 0 Å². The Hall–Kier alpha value is -1.24. The summed E-state index contributed by atoms with van der Waals surface area (Å²) in [4.78, 5) is 0. The molecule has 2 atom stereocenters. The van der Waals surface area contributed by atoms with Crippen LogP contribution in [0.1, 0.15) is 13.3 Å². The molecule has 1 fully saturated rings. The molecule has 2 unspecified atom stereocenters. The average Bonchev–Trinajstić information content (AvgIpc) is 2.85. The molecule has 1 saturated carbocycles. The predicted octanol–water partition coefficient (Wildman–Crippen LogP) is 2.80. The van der Waals surface area contributed by atoms with Gasteiger partial charge in [0.05, 0.1) is 0 Å². The molecule has 0 radical (unpaired) electrons. The highest BCUT2D eigenvalue weighted by atomic mass is 14.9. The lowest BCUT2D eigenvalue weighted by molar-refractivity contribution is 0.799. The Morgan fingerprint density at radius 2 is 2.15 bits per heavy atom. The highest BCUT2D eigenvalue weighted by Gasteiger charge is 2.36. The summed E-state index contributed by atoms with van der Waals surface area (Å²) >= 11 is 0. The van der Waals surface area contributed by atoms with Gasteiger partial charge in [-0.05, 0) is 19.5 Å².